The number of hydrazone groups is 1. The molecule has 0 bridgehead atoms. The fourth-order valence-electron chi connectivity index (χ4n) is 1.69. The van der Waals surface area contributed by atoms with Crippen LogP contribution in [0.2, 0.25) is 0 Å². The van der Waals surface area contributed by atoms with Crippen molar-refractivity contribution in [3.05, 3.63) is 29.8 Å². The third-order valence-corrected chi connectivity index (χ3v) is 4.56. The molecule has 0 radical (unpaired) electrons. The zero-order valence-electron chi connectivity index (χ0n) is 13.9. The van der Waals surface area contributed by atoms with Gasteiger partial charge >= 0.3 is 0 Å². The lowest BCUT2D eigenvalue weighted by Crippen LogP contribution is -2.37. The lowest BCUT2D eigenvalue weighted by molar-refractivity contribution is 0.581. The van der Waals surface area contributed by atoms with Gasteiger partial charge < -0.3 is 5.32 Å². The van der Waals surface area contributed by atoms with Crippen molar-refractivity contribution in [2.75, 3.05) is 6.54 Å². The largest absolute Gasteiger partial charge is 0.359 e. The summed E-state index contributed by atoms with van der Waals surface area (Å²) in [5.41, 5.74) is 4.29. The summed E-state index contributed by atoms with van der Waals surface area (Å²) < 4.78 is 26.6. The fourth-order valence-corrected chi connectivity index (χ4v) is 3.10. The van der Waals surface area contributed by atoms with Crippen LogP contribution in [0.25, 0.3) is 0 Å². The van der Waals surface area contributed by atoms with Gasteiger partial charge in [0.05, 0.1) is 10.6 Å². The topological polar surface area (TPSA) is 82.6 Å². The Bertz CT molecular complexity index is 653. The third-order valence-electron chi connectivity index (χ3n) is 2.87. The molecule has 8 heteroatoms. The number of sulfonamides is 1. The molecular weight excluding hydrogens is 332 g/mol. The normalized spacial score (nSPS) is 12.3. The maximum atomic E-state index is 12.0. The Kier molecular flexibility index (Phi) is 7.60. The minimum absolute atomic E-state index is 0.227. The predicted molar refractivity (Wildman–Crippen MR) is 98.1 cm³/mol. The van der Waals surface area contributed by atoms with E-state index in [1.54, 1.807) is 24.3 Å². The Morgan fingerprint density at radius 2 is 1.87 bits per heavy atom. The first-order chi connectivity index (χ1) is 10.8. The Morgan fingerprint density at radius 1 is 1.26 bits per heavy atom. The van der Waals surface area contributed by atoms with E-state index in [9.17, 15) is 8.42 Å². The maximum Gasteiger partial charge on any atom is 0.240 e. The van der Waals surface area contributed by atoms with E-state index in [1.165, 1.54) is 0 Å². The van der Waals surface area contributed by atoms with Crippen LogP contribution in [-0.4, -0.2) is 31.8 Å². The number of benzene rings is 1. The Labute approximate surface area is 143 Å². The lowest BCUT2D eigenvalue weighted by atomic mass is 10.1. The van der Waals surface area contributed by atoms with E-state index in [1.807, 2.05) is 27.7 Å². The number of nitrogens with one attached hydrogen (secondary N) is 3. The highest BCUT2D eigenvalue weighted by Gasteiger charge is 2.12. The summed E-state index contributed by atoms with van der Waals surface area (Å²) in [7, 11) is -3.44. The number of rotatable bonds is 7. The van der Waals surface area contributed by atoms with Crippen molar-refractivity contribution in [1.29, 1.82) is 0 Å². The Balaban J connectivity index is 2.78. The molecule has 0 aliphatic rings. The van der Waals surface area contributed by atoms with Crippen molar-refractivity contribution in [2.24, 2.45) is 5.10 Å². The standard InChI is InChI=1S/C15H24N4O2S2/c1-5-10-16-23(20,21)14-8-6-13(7-9-14)12(4)18-19-15(22)17-11(2)3/h6-9,11,16H,5,10H2,1-4H3,(H2,17,19,22)/b18-12-. The van der Waals surface area contributed by atoms with Gasteiger partial charge in [0.25, 0.3) is 0 Å². The zero-order valence-corrected chi connectivity index (χ0v) is 15.5. The highest BCUT2D eigenvalue weighted by molar-refractivity contribution is 7.89. The summed E-state index contributed by atoms with van der Waals surface area (Å²) in [6.45, 7) is 8.13. The van der Waals surface area contributed by atoms with Gasteiger partial charge in [-0.3, -0.25) is 5.43 Å². The minimum Gasteiger partial charge on any atom is -0.359 e. The second-order valence-electron chi connectivity index (χ2n) is 5.36. The van der Waals surface area contributed by atoms with Gasteiger partial charge in [0.15, 0.2) is 5.11 Å². The van der Waals surface area contributed by atoms with Gasteiger partial charge in [-0.1, -0.05) is 19.1 Å². The minimum atomic E-state index is -3.44. The molecule has 0 amide bonds. The molecule has 0 aliphatic carbocycles. The van der Waals surface area contributed by atoms with Gasteiger partial charge in [-0.05, 0) is 57.1 Å². The van der Waals surface area contributed by atoms with Gasteiger partial charge in [-0.2, -0.15) is 5.10 Å². The van der Waals surface area contributed by atoms with E-state index in [2.05, 4.69) is 20.6 Å². The number of nitrogens with zero attached hydrogens (tertiary/aromatic N) is 1. The van der Waals surface area contributed by atoms with Crippen LogP contribution in [-0.2, 0) is 10.0 Å². The van der Waals surface area contributed by atoms with Crippen LogP contribution in [0.1, 0.15) is 39.7 Å². The van der Waals surface area contributed by atoms with E-state index in [0.29, 0.717) is 17.4 Å². The van der Waals surface area contributed by atoms with Crippen LogP contribution in [0.5, 0.6) is 0 Å². The molecule has 0 aliphatic heterocycles. The molecule has 0 unspecified atom stereocenters. The molecule has 1 aromatic rings. The van der Waals surface area contributed by atoms with E-state index in [-0.39, 0.29) is 10.9 Å². The molecule has 0 heterocycles. The second-order valence-corrected chi connectivity index (χ2v) is 7.53. The molecule has 0 fully saturated rings. The van der Waals surface area contributed by atoms with Crippen molar-refractivity contribution in [3.63, 3.8) is 0 Å². The number of thiocarbonyl (C=S) groups is 1. The summed E-state index contributed by atoms with van der Waals surface area (Å²) in [6, 6.07) is 6.80. The Morgan fingerprint density at radius 3 is 2.39 bits per heavy atom. The summed E-state index contributed by atoms with van der Waals surface area (Å²) in [5.74, 6) is 0. The molecule has 0 atom stereocenters. The molecule has 23 heavy (non-hydrogen) atoms. The van der Waals surface area contributed by atoms with Gasteiger partial charge in [0.2, 0.25) is 10.0 Å². The van der Waals surface area contributed by atoms with Crippen molar-refractivity contribution in [2.45, 2.75) is 45.1 Å². The first kappa shape index (κ1) is 19.5. The highest BCUT2D eigenvalue weighted by atomic mass is 32.2. The van der Waals surface area contributed by atoms with Crippen LogP contribution in [0.3, 0.4) is 0 Å². The lowest BCUT2D eigenvalue weighted by Gasteiger charge is -2.11. The van der Waals surface area contributed by atoms with Crippen LogP contribution in [0.15, 0.2) is 34.3 Å². The van der Waals surface area contributed by atoms with E-state index in [4.69, 9.17) is 12.2 Å². The van der Waals surface area contributed by atoms with Gasteiger partial charge in [0.1, 0.15) is 0 Å². The molecular formula is C15H24N4O2S2. The average Bonchev–Trinajstić information content (AvgIpc) is 2.50. The van der Waals surface area contributed by atoms with E-state index in [0.717, 1.165) is 12.0 Å². The zero-order chi connectivity index (χ0) is 17.5. The van der Waals surface area contributed by atoms with Gasteiger partial charge in [-0.15, -0.1) is 0 Å². The van der Waals surface area contributed by atoms with E-state index >= 15 is 0 Å². The molecule has 0 saturated heterocycles. The quantitative estimate of drug-likeness (QED) is 0.395. The molecule has 0 saturated carbocycles. The first-order valence-corrected chi connectivity index (χ1v) is 9.36. The van der Waals surface area contributed by atoms with E-state index < -0.39 is 10.0 Å². The highest BCUT2D eigenvalue weighted by Crippen LogP contribution is 2.11. The van der Waals surface area contributed by atoms with Crippen LogP contribution < -0.4 is 15.5 Å². The molecule has 3 N–H and O–H groups in total. The fraction of sp³-hybridized carbons (Fsp3) is 0.467. The second kappa shape index (κ2) is 8.95. The van der Waals surface area contributed by atoms with Crippen LogP contribution in [0, 0.1) is 0 Å². The first-order valence-electron chi connectivity index (χ1n) is 7.47. The summed E-state index contributed by atoms with van der Waals surface area (Å²) in [5, 5.41) is 7.66. The average molecular weight is 357 g/mol. The SMILES string of the molecule is CCCNS(=O)(=O)c1ccc(/C(C)=N\NC(=S)NC(C)C)cc1. The van der Waals surface area contributed by atoms with Crippen molar-refractivity contribution in [3.8, 4) is 0 Å². The summed E-state index contributed by atoms with van der Waals surface area (Å²) in [6.07, 6.45) is 0.749. The van der Waals surface area contributed by atoms with Crippen LogP contribution >= 0.6 is 12.2 Å². The molecule has 6 nitrogen and oxygen atoms in total. The number of hydrogen-bond acceptors (Lipinski definition) is 4. The van der Waals surface area contributed by atoms with Crippen LogP contribution in [0.4, 0.5) is 0 Å². The van der Waals surface area contributed by atoms with Crippen molar-refractivity contribution < 1.29 is 8.42 Å². The number of hydrogen-bond donors (Lipinski definition) is 3. The monoisotopic (exact) mass is 356 g/mol. The smallest absolute Gasteiger partial charge is 0.240 e. The molecule has 0 spiro atoms. The maximum absolute atomic E-state index is 12.0. The van der Waals surface area contributed by atoms with Crippen molar-refractivity contribution in [1.82, 2.24) is 15.5 Å². The summed E-state index contributed by atoms with van der Waals surface area (Å²) >= 11 is 5.09. The predicted octanol–water partition coefficient (Wildman–Crippen LogP) is 1.97. The molecule has 1 rings (SSSR count). The summed E-state index contributed by atoms with van der Waals surface area (Å²) in [4.78, 5) is 0.243. The van der Waals surface area contributed by atoms with Gasteiger partial charge in [0, 0.05) is 12.6 Å². The Hall–Kier alpha value is -1.51. The molecule has 1 aromatic carbocycles. The molecule has 128 valence electrons. The van der Waals surface area contributed by atoms with Crippen molar-refractivity contribution >= 4 is 33.1 Å². The molecule has 0 aromatic heterocycles. The van der Waals surface area contributed by atoms with Gasteiger partial charge in [-0.25, -0.2) is 13.1 Å². The third kappa shape index (κ3) is 6.64.